The summed E-state index contributed by atoms with van der Waals surface area (Å²) in [5.74, 6) is -1.53. The van der Waals surface area contributed by atoms with Crippen molar-refractivity contribution in [3.05, 3.63) is 29.8 Å². The highest BCUT2D eigenvalue weighted by Crippen LogP contribution is 2.19. The first kappa shape index (κ1) is 21.1. The van der Waals surface area contributed by atoms with E-state index in [4.69, 9.17) is 5.11 Å². The molecule has 7 nitrogen and oxygen atoms in total. The number of rotatable bonds is 8. The molecular weight excluding hydrogens is 344 g/mol. The highest BCUT2D eigenvalue weighted by Gasteiger charge is 2.25. The van der Waals surface area contributed by atoms with E-state index in [0.717, 1.165) is 0 Å². The molecule has 8 heteroatoms. The maximum absolute atomic E-state index is 12.7. The van der Waals surface area contributed by atoms with Gasteiger partial charge < -0.3 is 10.0 Å². The van der Waals surface area contributed by atoms with Crippen molar-refractivity contribution >= 4 is 21.9 Å². The average molecular weight is 370 g/mol. The molecule has 0 aliphatic rings. The number of carbonyl (C=O) groups excluding carboxylic acids is 1. The van der Waals surface area contributed by atoms with Crippen LogP contribution in [0.5, 0.6) is 0 Å². The summed E-state index contributed by atoms with van der Waals surface area (Å²) >= 11 is 0. The molecule has 0 spiro atoms. The number of carboxylic acid groups (broad SMARTS) is 1. The topological polar surface area (TPSA) is 95.0 Å². The van der Waals surface area contributed by atoms with Crippen LogP contribution in [-0.4, -0.2) is 60.8 Å². The summed E-state index contributed by atoms with van der Waals surface area (Å²) in [5, 5.41) is 9.01. The van der Waals surface area contributed by atoms with Gasteiger partial charge in [-0.3, -0.25) is 9.59 Å². The molecule has 0 atom stereocenters. The lowest BCUT2D eigenvalue weighted by Crippen LogP contribution is -2.38. The first-order valence-corrected chi connectivity index (χ1v) is 9.50. The van der Waals surface area contributed by atoms with Crippen LogP contribution in [0.4, 0.5) is 0 Å². The number of amides is 1. The second kappa shape index (κ2) is 8.44. The molecule has 1 amide bonds. The summed E-state index contributed by atoms with van der Waals surface area (Å²) in [6.45, 7) is 7.10. The summed E-state index contributed by atoms with van der Waals surface area (Å²) in [6, 6.07) is 5.48. The van der Waals surface area contributed by atoms with Crippen LogP contribution in [0, 0.1) is 5.92 Å². The molecule has 1 aromatic carbocycles. The number of nitrogens with zero attached hydrogens (tertiary/aromatic N) is 2. The van der Waals surface area contributed by atoms with Gasteiger partial charge in [0.2, 0.25) is 10.0 Å². The van der Waals surface area contributed by atoms with Crippen LogP contribution in [0.15, 0.2) is 29.2 Å². The first-order valence-electron chi connectivity index (χ1n) is 8.06. The Kier molecular flexibility index (Phi) is 7.13. The van der Waals surface area contributed by atoms with Crippen molar-refractivity contribution in [1.29, 1.82) is 0 Å². The van der Waals surface area contributed by atoms with Gasteiger partial charge in [0.1, 0.15) is 6.54 Å². The molecule has 0 saturated carbocycles. The lowest BCUT2D eigenvalue weighted by molar-refractivity contribution is -0.137. The van der Waals surface area contributed by atoms with E-state index >= 15 is 0 Å². The van der Waals surface area contributed by atoms with E-state index in [2.05, 4.69) is 0 Å². The molecule has 0 aromatic heterocycles. The molecular formula is C17H26N2O5S. The molecule has 0 saturated heterocycles. The summed E-state index contributed by atoms with van der Waals surface area (Å²) in [6.07, 6.45) is 0. The fourth-order valence-corrected chi connectivity index (χ4v) is 3.65. The Labute approximate surface area is 149 Å². The molecule has 1 rings (SSSR count). The Hall–Kier alpha value is -1.93. The van der Waals surface area contributed by atoms with E-state index in [9.17, 15) is 18.0 Å². The van der Waals surface area contributed by atoms with Crippen molar-refractivity contribution in [3.8, 4) is 0 Å². The second-order valence-electron chi connectivity index (χ2n) is 6.62. The maximum atomic E-state index is 12.7. The Morgan fingerprint density at radius 3 is 2.24 bits per heavy atom. The van der Waals surface area contributed by atoms with Crippen LogP contribution >= 0.6 is 0 Å². The minimum absolute atomic E-state index is 0.00868. The zero-order valence-electron chi connectivity index (χ0n) is 15.3. The van der Waals surface area contributed by atoms with Crippen molar-refractivity contribution in [1.82, 2.24) is 9.21 Å². The van der Waals surface area contributed by atoms with Gasteiger partial charge in [-0.15, -0.1) is 0 Å². The van der Waals surface area contributed by atoms with Crippen LogP contribution in [0.25, 0.3) is 0 Å². The number of carbonyl (C=O) groups is 2. The molecule has 0 aliphatic carbocycles. The van der Waals surface area contributed by atoms with Gasteiger partial charge in [-0.25, -0.2) is 8.42 Å². The Balaban J connectivity index is 3.22. The number of aliphatic carboxylic acids is 1. The Bertz CT molecular complexity index is 728. The third-order valence-electron chi connectivity index (χ3n) is 3.68. The molecule has 1 aromatic rings. The SMILES string of the molecule is CC(C)CN(CC(=O)O)C(=O)c1cccc(S(=O)(=O)N(C)C(C)C)c1. The van der Waals surface area contributed by atoms with Crippen molar-refractivity contribution in [2.24, 2.45) is 5.92 Å². The van der Waals surface area contributed by atoms with Gasteiger partial charge in [-0.05, 0) is 38.0 Å². The van der Waals surface area contributed by atoms with Gasteiger partial charge in [0.15, 0.2) is 0 Å². The molecule has 0 aliphatic heterocycles. The zero-order chi connectivity index (χ0) is 19.4. The van der Waals surface area contributed by atoms with Gasteiger partial charge >= 0.3 is 5.97 Å². The fraction of sp³-hybridized carbons (Fsp3) is 0.529. The highest BCUT2D eigenvalue weighted by molar-refractivity contribution is 7.89. The van der Waals surface area contributed by atoms with Gasteiger partial charge in [-0.2, -0.15) is 4.31 Å². The number of hydrogen-bond acceptors (Lipinski definition) is 4. The number of carboxylic acids is 1. The zero-order valence-corrected chi connectivity index (χ0v) is 16.1. The predicted molar refractivity (Wildman–Crippen MR) is 94.9 cm³/mol. The van der Waals surface area contributed by atoms with E-state index in [1.807, 2.05) is 13.8 Å². The van der Waals surface area contributed by atoms with E-state index < -0.39 is 28.4 Å². The van der Waals surface area contributed by atoms with Gasteiger partial charge in [-0.1, -0.05) is 19.9 Å². The summed E-state index contributed by atoms with van der Waals surface area (Å²) < 4.78 is 26.4. The predicted octanol–water partition coefficient (Wildman–Crippen LogP) is 1.90. The summed E-state index contributed by atoms with van der Waals surface area (Å²) in [5.41, 5.74) is 0.153. The van der Waals surface area contributed by atoms with E-state index in [-0.39, 0.29) is 29.0 Å². The van der Waals surface area contributed by atoms with Crippen molar-refractivity contribution in [2.45, 2.75) is 38.6 Å². The third-order valence-corrected chi connectivity index (χ3v) is 5.71. The van der Waals surface area contributed by atoms with Gasteiger partial charge in [0, 0.05) is 25.2 Å². The highest BCUT2D eigenvalue weighted by atomic mass is 32.2. The molecule has 1 N–H and O–H groups in total. The van der Waals surface area contributed by atoms with E-state index in [1.54, 1.807) is 13.8 Å². The lowest BCUT2D eigenvalue weighted by Gasteiger charge is -2.24. The molecule has 0 fully saturated rings. The largest absolute Gasteiger partial charge is 0.480 e. The lowest BCUT2D eigenvalue weighted by atomic mass is 10.1. The molecule has 0 bridgehead atoms. The number of benzene rings is 1. The molecule has 140 valence electrons. The summed E-state index contributed by atoms with van der Waals surface area (Å²) in [7, 11) is -2.24. The Morgan fingerprint density at radius 2 is 1.76 bits per heavy atom. The van der Waals surface area contributed by atoms with Crippen LogP contribution in [-0.2, 0) is 14.8 Å². The normalized spacial score (nSPS) is 12.0. The van der Waals surface area contributed by atoms with Crippen LogP contribution < -0.4 is 0 Å². The maximum Gasteiger partial charge on any atom is 0.323 e. The fourth-order valence-electron chi connectivity index (χ4n) is 2.24. The molecule has 0 radical (unpaired) electrons. The average Bonchev–Trinajstić information content (AvgIpc) is 2.51. The third kappa shape index (κ3) is 5.54. The second-order valence-corrected chi connectivity index (χ2v) is 8.61. The van der Waals surface area contributed by atoms with E-state index in [0.29, 0.717) is 0 Å². The standard InChI is InChI=1S/C17H26N2O5S/c1-12(2)10-19(11-16(20)21)17(22)14-7-6-8-15(9-14)25(23,24)18(5)13(3)4/h6-9,12-13H,10-11H2,1-5H3,(H,20,21). The first-order chi connectivity index (χ1) is 11.5. The van der Waals surface area contributed by atoms with Crippen LogP contribution in [0.3, 0.4) is 0 Å². The monoisotopic (exact) mass is 370 g/mol. The molecule has 0 heterocycles. The quantitative estimate of drug-likeness (QED) is 0.754. The van der Waals surface area contributed by atoms with Crippen LogP contribution in [0.2, 0.25) is 0 Å². The minimum Gasteiger partial charge on any atom is -0.480 e. The van der Waals surface area contributed by atoms with Gasteiger partial charge in [0.25, 0.3) is 5.91 Å². The summed E-state index contributed by atoms with van der Waals surface area (Å²) in [4.78, 5) is 24.9. The molecule has 0 unspecified atom stereocenters. The van der Waals surface area contributed by atoms with Crippen molar-refractivity contribution < 1.29 is 23.1 Å². The Morgan fingerprint density at radius 1 is 1.16 bits per heavy atom. The number of hydrogen-bond donors (Lipinski definition) is 1. The van der Waals surface area contributed by atoms with Crippen LogP contribution in [0.1, 0.15) is 38.1 Å². The number of sulfonamides is 1. The van der Waals surface area contributed by atoms with Crippen molar-refractivity contribution in [3.63, 3.8) is 0 Å². The smallest absolute Gasteiger partial charge is 0.323 e. The minimum atomic E-state index is -3.72. The molecule has 25 heavy (non-hydrogen) atoms. The van der Waals surface area contributed by atoms with E-state index in [1.165, 1.54) is 40.5 Å². The van der Waals surface area contributed by atoms with Crippen molar-refractivity contribution in [2.75, 3.05) is 20.1 Å². The van der Waals surface area contributed by atoms with Gasteiger partial charge in [0.05, 0.1) is 4.90 Å².